The number of hydrogen-bond donors (Lipinski definition) is 2. The SMILES string of the molecule is CN1CCC(N2CCN3C(=O)COCCOCCNC(=O)[C@@H]4[C@H](NC(=O)COc5ccccc5)CCN4C(=O)[C@@H]3C2)CC1. The van der Waals surface area contributed by atoms with E-state index in [0.717, 1.165) is 25.9 Å². The van der Waals surface area contributed by atoms with Gasteiger partial charge in [0.25, 0.3) is 5.91 Å². The van der Waals surface area contributed by atoms with E-state index in [-0.39, 0.29) is 69.8 Å². The van der Waals surface area contributed by atoms with Gasteiger partial charge in [0.05, 0.1) is 25.9 Å². The van der Waals surface area contributed by atoms with Crippen LogP contribution in [0.2, 0.25) is 0 Å². The third-order valence-electron chi connectivity index (χ3n) is 8.77. The third kappa shape index (κ3) is 8.02. The van der Waals surface area contributed by atoms with Gasteiger partial charge < -0.3 is 39.5 Å². The fraction of sp³-hybridized carbons (Fsp3) is 0.667. The molecule has 0 unspecified atom stereocenters. The maximum atomic E-state index is 14.3. The Bertz CT molecular complexity index is 1120. The van der Waals surface area contributed by atoms with Crippen molar-refractivity contribution in [3.63, 3.8) is 0 Å². The van der Waals surface area contributed by atoms with Crippen molar-refractivity contribution in [2.45, 2.75) is 43.4 Å². The highest BCUT2D eigenvalue weighted by atomic mass is 16.5. The summed E-state index contributed by atoms with van der Waals surface area (Å²) in [5.41, 5.74) is 0. The first-order chi connectivity index (χ1) is 20.9. The van der Waals surface area contributed by atoms with Crippen LogP contribution >= 0.6 is 0 Å². The number of para-hydroxylation sites is 1. The second-order valence-corrected chi connectivity index (χ2v) is 11.6. The van der Waals surface area contributed by atoms with E-state index in [1.54, 1.807) is 21.9 Å². The fourth-order valence-corrected chi connectivity index (χ4v) is 6.44. The lowest BCUT2D eigenvalue weighted by Gasteiger charge is -2.46. The number of piperidine rings is 1. The molecule has 4 saturated heterocycles. The van der Waals surface area contributed by atoms with Crippen LogP contribution in [0.3, 0.4) is 0 Å². The van der Waals surface area contributed by atoms with E-state index in [1.807, 2.05) is 18.2 Å². The van der Waals surface area contributed by atoms with Gasteiger partial charge in [0.1, 0.15) is 24.4 Å². The van der Waals surface area contributed by atoms with Crippen LogP contribution < -0.4 is 15.4 Å². The fourth-order valence-electron chi connectivity index (χ4n) is 6.44. The van der Waals surface area contributed by atoms with Gasteiger partial charge >= 0.3 is 0 Å². The number of nitrogens with one attached hydrogen (secondary N) is 2. The summed E-state index contributed by atoms with van der Waals surface area (Å²) in [5, 5.41) is 5.80. The van der Waals surface area contributed by atoms with Gasteiger partial charge in [0, 0.05) is 38.8 Å². The summed E-state index contributed by atoms with van der Waals surface area (Å²) in [6, 6.07) is 7.06. The first-order valence-electron chi connectivity index (χ1n) is 15.3. The number of hydrogen-bond acceptors (Lipinski definition) is 9. The van der Waals surface area contributed by atoms with Gasteiger partial charge in [-0.15, -0.1) is 0 Å². The lowest BCUT2D eigenvalue weighted by molar-refractivity contribution is -0.154. The van der Waals surface area contributed by atoms with Crippen LogP contribution in [0, 0.1) is 0 Å². The second kappa shape index (κ2) is 15.0. The smallest absolute Gasteiger partial charge is 0.258 e. The van der Waals surface area contributed by atoms with Gasteiger partial charge in [-0.05, 0) is 51.5 Å². The lowest BCUT2D eigenvalue weighted by Crippen LogP contribution is -2.65. The molecular weight excluding hydrogens is 556 g/mol. The minimum Gasteiger partial charge on any atom is -0.484 e. The van der Waals surface area contributed by atoms with Crippen molar-refractivity contribution in [2.75, 3.05) is 85.9 Å². The molecule has 2 N–H and O–H groups in total. The third-order valence-corrected chi connectivity index (χ3v) is 8.77. The summed E-state index contributed by atoms with van der Waals surface area (Å²) in [7, 11) is 2.11. The van der Waals surface area contributed by atoms with Crippen molar-refractivity contribution in [3.8, 4) is 5.75 Å². The number of ether oxygens (including phenoxy) is 3. The minimum absolute atomic E-state index is 0.137. The highest BCUT2D eigenvalue weighted by molar-refractivity contribution is 5.94. The molecule has 0 aliphatic carbocycles. The van der Waals surface area contributed by atoms with Gasteiger partial charge in [-0.3, -0.25) is 24.1 Å². The molecule has 4 heterocycles. The summed E-state index contributed by atoms with van der Waals surface area (Å²) in [6.45, 7) is 4.40. The average Bonchev–Trinajstić information content (AvgIpc) is 3.44. The van der Waals surface area contributed by atoms with Crippen molar-refractivity contribution in [1.82, 2.24) is 30.2 Å². The van der Waals surface area contributed by atoms with E-state index in [4.69, 9.17) is 14.2 Å². The average molecular weight is 601 g/mol. The second-order valence-electron chi connectivity index (χ2n) is 11.6. The molecule has 1 aromatic rings. The van der Waals surface area contributed by atoms with Crippen molar-refractivity contribution < 1.29 is 33.4 Å². The molecule has 4 aliphatic heterocycles. The van der Waals surface area contributed by atoms with E-state index >= 15 is 0 Å². The molecule has 4 fully saturated rings. The molecule has 0 saturated carbocycles. The zero-order valence-electron chi connectivity index (χ0n) is 24.9. The van der Waals surface area contributed by atoms with E-state index in [2.05, 4.69) is 27.5 Å². The molecule has 13 nitrogen and oxygen atoms in total. The highest BCUT2D eigenvalue weighted by Crippen LogP contribution is 2.25. The number of carbonyl (C=O) groups excluding carboxylic acids is 4. The van der Waals surface area contributed by atoms with Crippen LogP contribution in [-0.2, 0) is 28.7 Å². The Morgan fingerprint density at radius 2 is 1.72 bits per heavy atom. The molecule has 13 heteroatoms. The van der Waals surface area contributed by atoms with E-state index in [9.17, 15) is 19.2 Å². The Morgan fingerprint density at radius 1 is 0.953 bits per heavy atom. The number of fused-ring (bicyclic) bond motifs is 2. The largest absolute Gasteiger partial charge is 0.484 e. The van der Waals surface area contributed by atoms with Crippen molar-refractivity contribution in [3.05, 3.63) is 30.3 Å². The minimum atomic E-state index is -0.926. The Morgan fingerprint density at radius 3 is 2.51 bits per heavy atom. The summed E-state index contributed by atoms with van der Waals surface area (Å²) in [6.07, 6.45) is 2.41. The summed E-state index contributed by atoms with van der Waals surface area (Å²) < 4.78 is 16.7. The number of carbonyl (C=O) groups is 4. The standard InChI is InChI=1S/C30H44N6O7/c1-33-11-7-22(8-12-33)34-14-15-35-25(19-34)30(40)36-13-9-24(32-26(37)20-43-23-5-3-2-4-6-23)28(36)29(39)31-10-16-41-17-18-42-21-27(35)38/h2-6,22,24-25,28H,7-21H2,1H3,(H,31,39)(H,32,37)/t24-,25+,28+/m1/s1. The molecule has 236 valence electrons. The summed E-state index contributed by atoms with van der Waals surface area (Å²) in [4.78, 5) is 61.9. The molecule has 1 aromatic carbocycles. The van der Waals surface area contributed by atoms with E-state index in [0.29, 0.717) is 37.8 Å². The van der Waals surface area contributed by atoms with Gasteiger partial charge in [0.15, 0.2) is 6.61 Å². The van der Waals surface area contributed by atoms with E-state index in [1.165, 1.54) is 0 Å². The number of nitrogens with zero attached hydrogens (tertiary/aromatic N) is 4. The van der Waals surface area contributed by atoms with Gasteiger partial charge in [-0.25, -0.2) is 0 Å². The summed E-state index contributed by atoms with van der Waals surface area (Å²) >= 11 is 0. The van der Waals surface area contributed by atoms with Crippen LogP contribution in [0.15, 0.2) is 30.3 Å². The lowest BCUT2D eigenvalue weighted by atomic mass is 10.00. The molecule has 4 aliphatic rings. The highest BCUT2D eigenvalue weighted by Gasteiger charge is 2.47. The first kappa shape index (κ1) is 31.2. The Balaban J connectivity index is 1.33. The van der Waals surface area contributed by atoms with Crippen molar-refractivity contribution in [2.24, 2.45) is 0 Å². The van der Waals surface area contributed by atoms with Crippen molar-refractivity contribution >= 4 is 23.6 Å². The molecule has 3 atom stereocenters. The van der Waals surface area contributed by atoms with Crippen LogP contribution in [0.5, 0.6) is 5.75 Å². The van der Waals surface area contributed by atoms with Gasteiger partial charge in [0.2, 0.25) is 17.7 Å². The van der Waals surface area contributed by atoms with E-state index < -0.39 is 18.1 Å². The Hall–Kier alpha value is -3.26. The molecule has 5 rings (SSSR count). The molecule has 4 amide bonds. The molecular formula is C30H44N6O7. The van der Waals surface area contributed by atoms with Crippen LogP contribution in [0.1, 0.15) is 19.3 Å². The molecule has 0 bridgehead atoms. The maximum absolute atomic E-state index is 14.3. The monoisotopic (exact) mass is 600 g/mol. The molecule has 0 spiro atoms. The Labute approximate surface area is 252 Å². The normalized spacial score (nSPS) is 27.5. The zero-order chi connectivity index (χ0) is 30.2. The zero-order valence-corrected chi connectivity index (χ0v) is 24.9. The van der Waals surface area contributed by atoms with Gasteiger partial charge in [-0.2, -0.15) is 0 Å². The van der Waals surface area contributed by atoms with Crippen LogP contribution in [0.4, 0.5) is 0 Å². The maximum Gasteiger partial charge on any atom is 0.258 e. The number of amides is 4. The van der Waals surface area contributed by atoms with Crippen molar-refractivity contribution in [1.29, 1.82) is 0 Å². The quantitative estimate of drug-likeness (QED) is 0.433. The summed E-state index contributed by atoms with van der Waals surface area (Å²) in [5.74, 6) is -0.715. The first-order valence-corrected chi connectivity index (χ1v) is 15.3. The number of likely N-dealkylation sites (tertiary alicyclic amines) is 1. The van der Waals surface area contributed by atoms with Crippen LogP contribution in [-0.4, -0.2) is 153 Å². The molecule has 43 heavy (non-hydrogen) atoms. The number of piperazine rings is 1. The molecule has 0 radical (unpaired) electrons. The number of rotatable bonds is 5. The van der Waals surface area contributed by atoms with Gasteiger partial charge in [-0.1, -0.05) is 18.2 Å². The number of benzene rings is 1. The topological polar surface area (TPSA) is 133 Å². The predicted octanol–water partition coefficient (Wildman–Crippen LogP) is -1.08. The molecule has 0 aromatic heterocycles. The predicted molar refractivity (Wildman–Crippen MR) is 156 cm³/mol. The van der Waals surface area contributed by atoms with Crippen LogP contribution in [0.25, 0.3) is 0 Å². The Kier molecular flexibility index (Phi) is 10.8.